The van der Waals surface area contributed by atoms with Gasteiger partial charge in [0.2, 0.25) is 0 Å². The summed E-state index contributed by atoms with van der Waals surface area (Å²) in [6.45, 7) is -1.87. The van der Waals surface area contributed by atoms with E-state index in [9.17, 15) is 21.6 Å². The first-order chi connectivity index (χ1) is 12.3. The third kappa shape index (κ3) is 4.14. The largest absolute Gasteiger partial charge is 0.413 e. The average molecular weight is 381 g/mol. The first-order valence-electron chi connectivity index (χ1n) is 7.56. The van der Waals surface area contributed by atoms with Crippen molar-refractivity contribution in [2.45, 2.75) is 11.1 Å². The third-order valence-corrected chi connectivity index (χ3v) is 4.87. The zero-order valence-corrected chi connectivity index (χ0v) is 14.1. The van der Waals surface area contributed by atoms with Gasteiger partial charge in [-0.2, -0.15) is 21.6 Å². The second-order valence-electron chi connectivity index (χ2n) is 5.48. The Morgan fingerprint density at radius 1 is 0.885 bits per heavy atom. The van der Waals surface area contributed by atoms with Crippen molar-refractivity contribution in [1.29, 1.82) is 0 Å². The first kappa shape index (κ1) is 18.2. The number of nitrogens with one attached hydrogen (secondary N) is 1. The number of hydrogen-bond acceptors (Lipinski definition) is 4. The van der Waals surface area contributed by atoms with Crippen LogP contribution in [0.25, 0.3) is 10.8 Å². The van der Waals surface area contributed by atoms with E-state index in [0.717, 1.165) is 0 Å². The molecule has 1 N–H and O–H groups in total. The molecule has 0 atom stereocenters. The van der Waals surface area contributed by atoms with Crippen molar-refractivity contribution >= 4 is 32.3 Å². The standard InChI is InChI=1S/C18H14F3NO3S/c19-18(20,21)12-25-26(23,24)16-11-5-7-13-6-4-10-15(17(13)16)22-14-8-2-1-3-9-14/h1-11,22H,12H2. The average Bonchev–Trinajstić information content (AvgIpc) is 2.60. The van der Waals surface area contributed by atoms with Crippen molar-refractivity contribution in [3.63, 3.8) is 0 Å². The highest BCUT2D eigenvalue weighted by atomic mass is 32.2. The molecule has 3 rings (SSSR count). The van der Waals surface area contributed by atoms with Crippen LogP contribution < -0.4 is 5.32 Å². The van der Waals surface area contributed by atoms with E-state index in [1.54, 1.807) is 48.5 Å². The van der Waals surface area contributed by atoms with Gasteiger partial charge in [-0.3, -0.25) is 4.18 Å². The molecule has 0 aliphatic carbocycles. The molecule has 0 radical (unpaired) electrons. The quantitative estimate of drug-likeness (QED) is 0.642. The van der Waals surface area contributed by atoms with Crippen molar-refractivity contribution in [1.82, 2.24) is 0 Å². The number of alkyl halides is 3. The monoisotopic (exact) mass is 381 g/mol. The van der Waals surface area contributed by atoms with Gasteiger partial charge >= 0.3 is 6.18 Å². The zero-order valence-electron chi connectivity index (χ0n) is 13.3. The molecule has 4 nitrogen and oxygen atoms in total. The third-order valence-electron chi connectivity index (χ3n) is 3.57. The predicted octanol–water partition coefficient (Wildman–Crippen LogP) is 4.85. The normalized spacial score (nSPS) is 12.3. The van der Waals surface area contributed by atoms with Gasteiger partial charge in [-0.1, -0.05) is 42.5 Å². The Bertz CT molecular complexity index is 1010. The van der Waals surface area contributed by atoms with Crippen LogP contribution in [0.5, 0.6) is 0 Å². The lowest BCUT2D eigenvalue weighted by molar-refractivity contribution is -0.152. The topological polar surface area (TPSA) is 55.4 Å². The minimum absolute atomic E-state index is 0.265. The van der Waals surface area contributed by atoms with E-state index in [-0.39, 0.29) is 10.3 Å². The molecule has 0 heterocycles. The highest BCUT2D eigenvalue weighted by Gasteiger charge is 2.32. The number of anilines is 2. The minimum atomic E-state index is -4.75. The van der Waals surface area contributed by atoms with E-state index < -0.39 is 22.9 Å². The van der Waals surface area contributed by atoms with Gasteiger partial charge in [-0.15, -0.1) is 0 Å². The van der Waals surface area contributed by atoms with Crippen molar-refractivity contribution in [2.24, 2.45) is 0 Å². The second kappa shape index (κ2) is 6.97. The van der Waals surface area contributed by atoms with Crippen LogP contribution in [-0.4, -0.2) is 21.2 Å². The molecule has 0 unspecified atom stereocenters. The maximum atomic E-state index is 12.4. The van der Waals surface area contributed by atoms with Gasteiger partial charge in [0.1, 0.15) is 4.90 Å². The number of para-hydroxylation sites is 1. The van der Waals surface area contributed by atoms with Crippen LogP contribution in [0.4, 0.5) is 24.5 Å². The van der Waals surface area contributed by atoms with Crippen LogP contribution in [0, 0.1) is 0 Å². The summed E-state index contributed by atoms with van der Waals surface area (Å²) in [6, 6.07) is 18.4. The number of hydrogen-bond donors (Lipinski definition) is 1. The fourth-order valence-corrected chi connectivity index (χ4v) is 3.64. The van der Waals surface area contributed by atoms with E-state index in [4.69, 9.17) is 0 Å². The number of fused-ring (bicyclic) bond motifs is 1. The molecular weight excluding hydrogens is 367 g/mol. The van der Waals surface area contributed by atoms with Crippen molar-refractivity contribution in [2.75, 3.05) is 11.9 Å². The number of rotatable bonds is 5. The highest BCUT2D eigenvalue weighted by molar-refractivity contribution is 7.87. The zero-order chi connectivity index (χ0) is 18.8. The molecule has 0 saturated carbocycles. The summed E-state index contributed by atoms with van der Waals surface area (Å²) in [5.41, 5.74) is 1.16. The van der Waals surface area contributed by atoms with E-state index >= 15 is 0 Å². The predicted molar refractivity (Wildman–Crippen MR) is 92.9 cm³/mol. The Hall–Kier alpha value is -2.58. The van der Waals surface area contributed by atoms with Crippen molar-refractivity contribution in [3.8, 4) is 0 Å². The number of benzene rings is 3. The highest BCUT2D eigenvalue weighted by Crippen LogP contribution is 2.33. The molecule has 136 valence electrons. The Morgan fingerprint density at radius 2 is 1.54 bits per heavy atom. The number of halogens is 3. The smallest absolute Gasteiger partial charge is 0.355 e. The Morgan fingerprint density at radius 3 is 2.19 bits per heavy atom. The lowest BCUT2D eigenvalue weighted by Gasteiger charge is -2.14. The fraction of sp³-hybridized carbons (Fsp3) is 0.111. The molecule has 0 spiro atoms. The molecule has 0 aliphatic rings. The molecule has 0 saturated heterocycles. The summed E-state index contributed by atoms with van der Waals surface area (Å²) in [7, 11) is -4.59. The van der Waals surface area contributed by atoms with E-state index in [1.807, 2.05) is 6.07 Å². The molecule has 0 bridgehead atoms. The van der Waals surface area contributed by atoms with Gasteiger partial charge < -0.3 is 5.32 Å². The summed E-state index contributed by atoms with van der Waals surface area (Å²) in [6.07, 6.45) is -4.75. The molecular formula is C18H14F3NO3S. The lowest BCUT2D eigenvalue weighted by atomic mass is 10.1. The van der Waals surface area contributed by atoms with Crippen molar-refractivity contribution in [3.05, 3.63) is 66.7 Å². The van der Waals surface area contributed by atoms with E-state index in [1.165, 1.54) is 12.1 Å². The van der Waals surface area contributed by atoms with Crippen LogP contribution in [0.15, 0.2) is 71.6 Å². The lowest BCUT2D eigenvalue weighted by Crippen LogP contribution is -2.20. The van der Waals surface area contributed by atoms with Crippen LogP contribution in [0.2, 0.25) is 0 Å². The molecule has 26 heavy (non-hydrogen) atoms. The summed E-state index contributed by atoms with van der Waals surface area (Å²) < 4.78 is 66.0. The molecule has 0 fully saturated rings. The maximum absolute atomic E-state index is 12.4. The summed E-state index contributed by atoms with van der Waals surface area (Å²) in [4.78, 5) is -0.321. The van der Waals surface area contributed by atoms with Crippen LogP contribution in [0.1, 0.15) is 0 Å². The maximum Gasteiger partial charge on any atom is 0.413 e. The van der Waals surface area contributed by atoms with Gasteiger partial charge in [0, 0.05) is 16.8 Å². The Labute approximate surface area is 148 Å². The summed E-state index contributed by atoms with van der Waals surface area (Å²) in [5, 5.41) is 3.91. The fourth-order valence-electron chi connectivity index (χ4n) is 2.50. The molecule has 0 amide bonds. The first-order valence-corrected chi connectivity index (χ1v) is 8.97. The van der Waals surface area contributed by atoms with Gasteiger partial charge in [0.15, 0.2) is 6.61 Å². The molecule has 0 aromatic heterocycles. The van der Waals surface area contributed by atoms with Crippen LogP contribution in [-0.2, 0) is 14.3 Å². The van der Waals surface area contributed by atoms with Gasteiger partial charge in [-0.25, -0.2) is 0 Å². The molecule has 8 heteroatoms. The summed E-state index contributed by atoms with van der Waals surface area (Å²) >= 11 is 0. The van der Waals surface area contributed by atoms with Crippen LogP contribution >= 0.6 is 0 Å². The van der Waals surface area contributed by atoms with Gasteiger partial charge in [-0.05, 0) is 29.7 Å². The minimum Gasteiger partial charge on any atom is -0.355 e. The Kier molecular flexibility index (Phi) is 4.88. The van der Waals surface area contributed by atoms with Gasteiger partial charge in [0.05, 0.1) is 0 Å². The van der Waals surface area contributed by atoms with Gasteiger partial charge in [0.25, 0.3) is 10.1 Å². The second-order valence-corrected chi connectivity index (χ2v) is 7.07. The molecule has 3 aromatic rings. The summed E-state index contributed by atoms with van der Waals surface area (Å²) in [5.74, 6) is 0. The SMILES string of the molecule is O=S(=O)(OCC(F)(F)F)c1cccc2cccc(Nc3ccccc3)c12. The molecule has 3 aromatic carbocycles. The Balaban J connectivity index is 2.09. The van der Waals surface area contributed by atoms with Crippen molar-refractivity contribution < 1.29 is 25.8 Å². The van der Waals surface area contributed by atoms with E-state index in [2.05, 4.69) is 9.50 Å². The molecule has 0 aliphatic heterocycles. The van der Waals surface area contributed by atoms with E-state index in [0.29, 0.717) is 16.8 Å². The van der Waals surface area contributed by atoms with Crippen LogP contribution in [0.3, 0.4) is 0 Å².